The Kier molecular flexibility index (Phi) is 4.50. The van der Waals surface area contributed by atoms with Crippen LogP contribution in [0, 0.1) is 16.0 Å². The van der Waals surface area contributed by atoms with E-state index in [0.29, 0.717) is 16.7 Å². The highest BCUT2D eigenvalue weighted by Gasteiger charge is 2.30. The third-order valence-electron chi connectivity index (χ3n) is 4.96. The van der Waals surface area contributed by atoms with Crippen molar-refractivity contribution in [1.29, 1.82) is 0 Å². The first-order chi connectivity index (χ1) is 12.7. The number of benzene rings is 1. The van der Waals surface area contributed by atoms with Crippen molar-refractivity contribution in [1.82, 2.24) is 9.38 Å². The Hall–Kier alpha value is -2.61. The number of rotatable bonds is 5. The largest absolute Gasteiger partial charge is 0.497 e. The maximum atomic E-state index is 11.5. The number of aromatic nitrogens is 2. The lowest BCUT2D eigenvalue weighted by Gasteiger charge is -2.31. The van der Waals surface area contributed by atoms with Gasteiger partial charge in [0.1, 0.15) is 11.9 Å². The van der Waals surface area contributed by atoms with Crippen LogP contribution in [0.2, 0.25) is 0 Å². The molecule has 0 amide bonds. The Morgan fingerprint density at radius 3 is 2.92 bits per heavy atom. The molecule has 0 unspecified atom stereocenters. The quantitative estimate of drug-likeness (QED) is 0.503. The third-order valence-corrected chi connectivity index (χ3v) is 5.72. The van der Waals surface area contributed by atoms with Gasteiger partial charge in [0.05, 0.1) is 7.11 Å². The van der Waals surface area contributed by atoms with Crippen LogP contribution < -0.4 is 9.64 Å². The predicted molar refractivity (Wildman–Crippen MR) is 101 cm³/mol. The average molecular weight is 372 g/mol. The first-order valence-electron chi connectivity index (χ1n) is 8.63. The maximum Gasteiger partial charge on any atom is 0.373 e. The zero-order valence-electron chi connectivity index (χ0n) is 14.5. The lowest BCUT2D eigenvalue weighted by atomic mass is 9.90. The fourth-order valence-electron chi connectivity index (χ4n) is 3.63. The summed E-state index contributed by atoms with van der Waals surface area (Å²) in [6, 6.07) is 8.18. The molecule has 2 aromatic heterocycles. The summed E-state index contributed by atoms with van der Waals surface area (Å²) in [7, 11) is 1.68. The summed E-state index contributed by atoms with van der Waals surface area (Å²) >= 11 is 1.42. The highest BCUT2D eigenvalue weighted by Crippen LogP contribution is 2.34. The van der Waals surface area contributed by atoms with Gasteiger partial charge in [-0.25, -0.2) is 0 Å². The molecule has 3 heterocycles. The summed E-state index contributed by atoms with van der Waals surface area (Å²) in [4.78, 5) is 18.4. The van der Waals surface area contributed by atoms with Gasteiger partial charge in [-0.1, -0.05) is 23.5 Å². The lowest BCUT2D eigenvalue weighted by molar-refractivity contribution is -0.389. The molecule has 0 radical (unpaired) electrons. The second-order valence-corrected chi connectivity index (χ2v) is 7.43. The predicted octanol–water partition coefficient (Wildman–Crippen LogP) is 3.77. The van der Waals surface area contributed by atoms with E-state index in [4.69, 9.17) is 4.74 Å². The minimum atomic E-state index is -0.329. The molecule has 0 atom stereocenters. The van der Waals surface area contributed by atoms with Crippen molar-refractivity contribution in [2.45, 2.75) is 19.3 Å². The number of hydrogen-bond donors (Lipinski definition) is 0. The maximum absolute atomic E-state index is 11.5. The molecule has 136 valence electrons. The van der Waals surface area contributed by atoms with Gasteiger partial charge in [0.2, 0.25) is 5.82 Å². The van der Waals surface area contributed by atoms with Crippen molar-refractivity contribution in [3.05, 3.63) is 51.5 Å². The SMILES string of the molecule is COc1cccc(CC2CCN(c3nc4sccn4c3[N+](=O)[O-])CC2)c1. The molecule has 1 aromatic carbocycles. The number of nitrogens with zero attached hydrogens (tertiary/aromatic N) is 4. The van der Waals surface area contributed by atoms with Gasteiger partial charge in [-0.05, 0) is 47.8 Å². The molecule has 0 N–H and O–H groups in total. The average Bonchev–Trinajstić information content (AvgIpc) is 3.23. The normalized spacial score (nSPS) is 15.5. The second-order valence-electron chi connectivity index (χ2n) is 6.56. The monoisotopic (exact) mass is 372 g/mol. The molecule has 8 heteroatoms. The van der Waals surface area contributed by atoms with Crippen molar-refractivity contribution in [2.75, 3.05) is 25.1 Å². The van der Waals surface area contributed by atoms with E-state index in [1.165, 1.54) is 16.9 Å². The summed E-state index contributed by atoms with van der Waals surface area (Å²) in [5.41, 5.74) is 1.27. The Morgan fingerprint density at radius 1 is 1.38 bits per heavy atom. The Bertz CT molecular complexity index is 928. The molecule has 0 saturated carbocycles. The molecule has 1 aliphatic rings. The molecule has 4 rings (SSSR count). The lowest BCUT2D eigenvalue weighted by Crippen LogP contribution is -2.35. The number of thiazole rings is 1. The fraction of sp³-hybridized carbons (Fsp3) is 0.389. The van der Waals surface area contributed by atoms with Gasteiger partial charge < -0.3 is 19.8 Å². The smallest absolute Gasteiger partial charge is 0.373 e. The number of imidazole rings is 1. The first-order valence-corrected chi connectivity index (χ1v) is 9.51. The number of fused-ring (bicyclic) bond motifs is 1. The zero-order chi connectivity index (χ0) is 18.1. The van der Waals surface area contributed by atoms with Gasteiger partial charge in [0.15, 0.2) is 0 Å². The molecule has 0 aliphatic carbocycles. The van der Waals surface area contributed by atoms with E-state index < -0.39 is 0 Å². The second kappa shape index (κ2) is 6.95. The molecule has 0 bridgehead atoms. The highest BCUT2D eigenvalue weighted by molar-refractivity contribution is 7.15. The molecule has 26 heavy (non-hydrogen) atoms. The van der Waals surface area contributed by atoms with Crippen molar-refractivity contribution < 1.29 is 9.66 Å². The van der Waals surface area contributed by atoms with Crippen molar-refractivity contribution in [3.63, 3.8) is 0 Å². The summed E-state index contributed by atoms with van der Waals surface area (Å²) in [5.74, 6) is 2.03. The van der Waals surface area contributed by atoms with Gasteiger partial charge in [0, 0.05) is 18.5 Å². The molecular weight excluding hydrogens is 352 g/mol. The van der Waals surface area contributed by atoms with Crippen LogP contribution in [-0.4, -0.2) is 34.5 Å². The number of nitro groups is 1. The van der Waals surface area contributed by atoms with Crippen LogP contribution in [0.15, 0.2) is 35.8 Å². The Morgan fingerprint density at radius 2 is 2.19 bits per heavy atom. The van der Waals surface area contributed by atoms with E-state index in [1.54, 1.807) is 17.7 Å². The van der Waals surface area contributed by atoms with Crippen LogP contribution in [0.3, 0.4) is 0 Å². The molecule has 0 spiro atoms. The Labute approximate surface area is 155 Å². The molecule has 1 aliphatic heterocycles. The van der Waals surface area contributed by atoms with Crippen LogP contribution in [0.4, 0.5) is 11.6 Å². The topological polar surface area (TPSA) is 72.9 Å². The minimum absolute atomic E-state index is 0.0764. The minimum Gasteiger partial charge on any atom is -0.497 e. The van der Waals surface area contributed by atoms with Gasteiger partial charge in [0.25, 0.3) is 4.96 Å². The van der Waals surface area contributed by atoms with E-state index in [2.05, 4.69) is 22.0 Å². The highest BCUT2D eigenvalue weighted by atomic mass is 32.1. The third kappa shape index (κ3) is 3.12. The molecule has 7 nitrogen and oxygen atoms in total. The summed E-state index contributed by atoms with van der Waals surface area (Å²) in [6.45, 7) is 1.58. The van der Waals surface area contributed by atoms with Gasteiger partial charge in [-0.2, -0.15) is 9.38 Å². The molecule has 1 fully saturated rings. The van der Waals surface area contributed by atoms with E-state index >= 15 is 0 Å². The summed E-state index contributed by atoms with van der Waals surface area (Å²) in [6.07, 6.45) is 4.72. The number of hydrogen-bond acceptors (Lipinski definition) is 6. The van der Waals surface area contributed by atoms with Crippen LogP contribution in [0.5, 0.6) is 5.75 Å². The zero-order valence-corrected chi connectivity index (χ0v) is 15.3. The van der Waals surface area contributed by atoms with E-state index in [0.717, 1.165) is 38.1 Å². The molecular formula is C18H20N4O3S. The van der Waals surface area contributed by atoms with Gasteiger partial charge in [-0.15, -0.1) is 0 Å². The standard InChI is InChI=1S/C18H20N4O3S/c1-25-15-4-2-3-14(12-15)11-13-5-7-20(8-6-13)16-17(22(23)24)21-9-10-26-18(21)19-16/h2-4,9-10,12-13H,5-8,11H2,1H3. The molecule has 3 aromatic rings. The number of anilines is 1. The van der Waals surface area contributed by atoms with Crippen LogP contribution in [0.25, 0.3) is 4.96 Å². The number of piperidine rings is 1. The number of methoxy groups -OCH3 is 1. The Balaban J connectivity index is 1.46. The van der Waals surface area contributed by atoms with Crippen LogP contribution >= 0.6 is 11.3 Å². The van der Waals surface area contributed by atoms with Crippen LogP contribution in [-0.2, 0) is 6.42 Å². The van der Waals surface area contributed by atoms with E-state index in [9.17, 15) is 10.1 Å². The van der Waals surface area contributed by atoms with Crippen molar-refractivity contribution in [3.8, 4) is 5.75 Å². The fourth-order valence-corrected chi connectivity index (χ4v) is 4.33. The summed E-state index contributed by atoms with van der Waals surface area (Å²) in [5, 5.41) is 13.3. The summed E-state index contributed by atoms with van der Waals surface area (Å²) < 4.78 is 6.87. The van der Waals surface area contributed by atoms with Crippen LogP contribution in [0.1, 0.15) is 18.4 Å². The number of ether oxygens (including phenoxy) is 1. The van der Waals surface area contributed by atoms with E-state index in [1.807, 2.05) is 17.5 Å². The van der Waals surface area contributed by atoms with Gasteiger partial charge in [-0.3, -0.25) is 0 Å². The van der Waals surface area contributed by atoms with Crippen molar-refractivity contribution >= 4 is 27.9 Å². The van der Waals surface area contributed by atoms with E-state index in [-0.39, 0.29) is 10.7 Å². The first kappa shape index (κ1) is 16.8. The molecule has 1 saturated heterocycles. The van der Waals surface area contributed by atoms with Gasteiger partial charge >= 0.3 is 5.82 Å². The van der Waals surface area contributed by atoms with Crippen molar-refractivity contribution in [2.24, 2.45) is 5.92 Å².